The average molecular weight is 386 g/mol. The number of rotatable bonds is 4. The van der Waals surface area contributed by atoms with Crippen LogP contribution in [0, 0.1) is 11.3 Å². The molecule has 0 aliphatic carbocycles. The summed E-state index contributed by atoms with van der Waals surface area (Å²) in [4.78, 5) is 12.4. The molecule has 1 amide bonds. The molecule has 0 radical (unpaired) electrons. The van der Waals surface area contributed by atoms with Crippen molar-refractivity contribution in [1.82, 2.24) is 0 Å². The Bertz CT molecular complexity index is 1070. The summed E-state index contributed by atoms with van der Waals surface area (Å²) in [6.07, 6.45) is -4.48. The van der Waals surface area contributed by atoms with E-state index in [1.165, 1.54) is 49.6 Å². The van der Waals surface area contributed by atoms with Gasteiger partial charge in [0, 0.05) is 5.56 Å². The first kappa shape index (κ1) is 19.0. The summed E-state index contributed by atoms with van der Waals surface area (Å²) in [6.45, 7) is 0. The topological polar surface area (TPSA) is 75.3 Å². The fourth-order valence-electron chi connectivity index (χ4n) is 2.52. The lowest BCUT2D eigenvalue weighted by Crippen LogP contribution is -2.11. The second kappa shape index (κ2) is 7.48. The van der Waals surface area contributed by atoms with Gasteiger partial charge in [-0.25, -0.2) is 0 Å². The summed E-state index contributed by atoms with van der Waals surface area (Å²) < 4.78 is 49.1. The number of alkyl halides is 3. The molecule has 28 heavy (non-hydrogen) atoms. The Labute approximate surface area is 158 Å². The van der Waals surface area contributed by atoms with Gasteiger partial charge in [-0.15, -0.1) is 0 Å². The maximum absolute atomic E-state index is 12.9. The zero-order chi connectivity index (χ0) is 20.3. The number of furan rings is 1. The minimum absolute atomic E-state index is 0.100. The molecular formula is C20H13F3N2O3. The van der Waals surface area contributed by atoms with E-state index in [1.807, 2.05) is 6.07 Å². The third kappa shape index (κ3) is 3.99. The molecule has 0 saturated carbocycles. The molecule has 3 aromatic rings. The highest BCUT2D eigenvalue weighted by Gasteiger charge is 2.30. The van der Waals surface area contributed by atoms with Gasteiger partial charge in [0.15, 0.2) is 5.76 Å². The van der Waals surface area contributed by atoms with Crippen molar-refractivity contribution in [3.63, 3.8) is 0 Å². The lowest BCUT2D eigenvalue weighted by molar-refractivity contribution is -0.137. The molecule has 0 bridgehead atoms. The molecule has 5 nitrogen and oxygen atoms in total. The third-order valence-corrected chi connectivity index (χ3v) is 3.88. The largest absolute Gasteiger partial charge is 0.495 e. The second-order valence-electron chi connectivity index (χ2n) is 5.72. The molecule has 2 aromatic carbocycles. The highest BCUT2D eigenvalue weighted by molar-refractivity contribution is 6.03. The van der Waals surface area contributed by atoms with Crippen LogP contribution in [0.2, 0.25) is 0 Å². The van der Waals surface area contributed by atoms with Crippen molar-refractivity contribution in [3.8, 4) is 23.1 Å². The van der Waals surface area contributed by atoms with Crippen LogP contribution in [-0.2, 0) is 6.18 Å². The van der Waals surface area contributed by atoms with Gasteiger partial charge >= 0.3 is 6.18 Å². The fraction of sp³-hybridized carbons (Fsp3) is 0.100. The summed E-state index contributed by atoms with van der Waals surface area (Å²) in [5.41, 5.74) is -0.0350. The highest BCUT2D eigenvalue weighted by Crippen LogP contribution is 2.33. The van der Waals surface area contributed by atoms with Crippen LogP contribution in [0.25, 0.3) is 11.3 Å². The van der Waals surface area contributed by atoms with E-state index in [0.29, 0.717) is 11.3 Å². The first-order valence-electron chi connectivity index (χ1n) is 7.99. The molecule has 0 unspecified atom stereocenters. The van der Waals surface area contributed by atoms with Crippen molar-refractivity contribution in [3.05, 3.63) is 71.5 Å². The van der Waals surface area contributed by atoms with Gasteiger partial charge in [0.2, 0.25) is 0 Å². The van der Waals surface area contributed by atoms with Crippen LogP contribution in [0.1, 0.15) is 21.7 Å². The molecule has 1 aromatic heterocycles. The molecule has 0 fully saturated rings. The van der Waals surface area contributed by atoms with E-state index < -0.39 is 17.6 Å². The fourth-order valence-corrected chi connectivity index (χ4v) is 2.52. The standard InChI is InChI=1S/C20H13F3N2O3/c1-27-17-6-5-12(11-24)9-15(17)25-19(26)18-8-7-16(28-18)13-3-2-4-14(10-13)20(21,22)23/h2-10H,1H3,(H,25,26). The number of nitrogens with one attached hydrogen (secondary N) is 1. The molecule has 0 aliphatic rings. The van der Waals surface area contributed by atoms with E-state index in [4.69, 9.17) is 14.4 Å². The predicted molar refractivity (Wildman–Crippen MR) is 94.8 cm³/mol. The molecule has 3 rings (SSSR count). The summed E-state index contributed by atoms with van der Waals surface area (Å²) in [5.74, 6) is -0.269. The van der Waals surface area contributed by atoms with Crippen molar-refractivity contribution in [2.75, 3.05) is 12.4 Å². The lowest BCUT2D eigenvalue weighted by atomic mass is 10.1. The minimum atomic E-state index is -4.48. The number of halogens is 3. The van der Waals surface area contributed by atoms with E-state index in [1.54, 1.807) is 0 Å². The predicted octanol–water partition coefficient (Wildman–Crippen LogP) is 5.10. The summed E-state index contributed by atoms with van der Waals surface area (Å²) in [6, 6.07) is 13.8. The first-order chi connectivity index (χ1) is 13.3. The SMILES string of the molecule is COc1ccc(C#N)cc1NC(=O)c1ccc(-c2cccc(C(F)(F)F)c2)o1. The van der Waals surface area contributed by atoms with Gasteiger partial charge in [-0.2, -0.15) is 18.4 Å². The van der Waals surface area contributed by atoms with Crippen LogP contribution in [0.15, 0.2) is 59.0 Å². The number of nitrogens with zero attached hydrogens (tertiary/aromatic N) is 1. The Morgan fingerprint density at radius 2 is 1.93 bits per heavy atom. The minimum Gasteiger partial charge on any atom is -0.495 e. The van der Waals surface area contributed by atoms with Crippen LogP contribution in [-0.4, -0.2) is 13.0 Å². The smallest absolute Gasteiger partial charge is 0.416 e. The number of methoxy groups -OCH3 is 1. The number of anilines is 1. The number of carbonyl (C=O) groups excluding carboxylic acids is 1. The van der Waals surface area contributed by atoms with Gasteiger partial charge in [-0.3, -0.25) is 4.79 Å². The monoisotopic (exact) mass is 386 g/mol. The van der Waals surface area contributed by atoms with Gasteiger partial charge in [0.05, 0.1) is 30.0 Å². The maximum atomic E-state index is 12.9. The lowest BCUT2D eigenvalue weighted by Gasteiger charge is -2.09. The van der Waals surface area contributed by atoms with Gasteiger partial charge in [-0.05, 0) is 42.5 Å². The number of hydrogen-bond acceptors (Lipinski definition) is 4. The quantitative estimate of drug-likeness (QED) is 0.677. The maximum Gasteiger partial charge on any atom is 0.416 e. The molecule has 0 atom stereocenters. The van der Waals surface area contributed by atoms with Crippen molar-refractivity contribution in [2.45, 2.75) is 6.18 Å². The molecule has 142 valence electrons. The zero-order valence-corrected chi connectivity index (χ0v) is 14.5. The Morgan fingerprint density at radius 1 is 1.14 bits per heavy atom. The number of ether oxygens (including phenoxy) is 1. The molecule has 1 N–H and O–H groups in total. The van der Waals surface area contributed by atoms with Gasteiger partial charge in [0.25, 0.3) is 5.91 Å². The van der Waals surface area contributed by atoms with Crippen LogP contribution in [0.4, 0.5) is 18.9 Å². The molecule has 8 heteroatoms. The van der Waals surface area contributed by atoms with Crippen LogP contribution in [0.3, 0.4) is 0 Å². The van der Waals surface area contributed by atoms with Gasteiger partial charge in [-0.1, -0.05) is 12.1 Å². The highest BCUT2D eigenvalue weighted by atomic mass is 19.4. The Hall–Kier alpha value is -3.73. The van der Waals surface area contributed by atoms with Crippen molar-refractivity contribution >= 4 is 11.6 Å². The molecule has 0 spiro atoms. The van der Waals surface area contributed by atoms with Crippen molar-refractivity contribution < 1.29 is 27.1 Å². The van der Waals surface area contributed by atoms with Gasteiger partial charge in [0.1, 0.15) is 11.5 Å². The normalized spacial score (nSPS) is 11.0. The third-order valence-electron chi connectivity index (χ3n) is 3.88. The Kier molecular flexibility index (Phi) is 5.09. The van der Waals surface area contributed by atoms with E-state index in [0.717, 1.165) is 12.1 Å². The first-order valence-corrected chi connectivity index (χ1v) is 7.99. The van der Waals surface area contributed by atoms with E-state index >= 15 is 0 Å². The van der Waals surface area contributed by atoms with Crippen molar-refractivity contribution in [2.24, 2.45) is 0 Å². The van der Waals surface area contributed by atoms with Gasteiger partial charge < -0.3 is 14.5 Å². The second-order valence-corrected chi connectivity index (χ2v) is 5.72. The molecular weight excluding hydrogens is 373 g/mol. The van der Waals surface area contributed by atoms with Crippen LogP contribution >= 0.6 is 0 Å². The molecule has 1 heterocycles. The zero-order valence-electron chi connectivity index (χ0n) is 14.5. The number of carbonyl (C=O) groups is 1. The summed E-state index contributed by atoms with van der Waals surface area (Å²) in [5, 5.41) is 11.5. The van der Waals surface area contributed by atoms with Crippen LogP contribution < -0.4 is 10.1 Å². The Balaban J connectivity index is 1.85. The average Bonchev–Trinajstić information content (AvgIpc) is 3.18. The number of hydrogen-bond donors (Lipinski definition) is 1. The summed E-state index contributed by atoms with van der Waals surface area (Å²) >= 11 is 0. The molecule has 0 aliphatic heterocycles. The van der Waals surface area contributed by atoms with E-state index in [2.05, 4.69) is 5.32 Å². The van der Waals surface area contributed by atoms with E-state index in [9.17, 15) is 18.0 Å². The number of amides is 1. The summed E-state index contributed by atoms with van der Waals surface area (Å²) in [7, 11) is 1.41. The Morgan fingerprint density at radius 3 is 2.61 bits per heavy atom. The van der Waals surface area contributed by atoms with Crippen molar-refractivity contribution in [1.29, 1.82) is 5.26 Å². The van der Waals surface area contributed by atoms with E-state index in [-0.39, 0.29) is 22.8 Å². The van der Waals surface area contributed by atoms with Crippen LogP contribution in [0.5, 0.6) is 5.75 Å². The number of nitriles is 1. The number of benzene rings is 2. The molecule has 0 saturated heterocycles.